The Balaban J connectivity index is 0.000000208. The molecule has 8 aromatic rings. The van der Waals surface area contributed by atoms with Crippen molar-refractivity contribution in [1.82, 2.24) is 83.7 Å². The molecule has 26 nitrogen and oxygen atoms in total. The molecule has 2 saturated heterocycles. The van der Waals surface area contributed by atoms with Crippen molar-refractivity contribution in [3.63, 3.8) is 0 Å². The lowest BCUT2D eigenvalue weighted by Gasteiger charge is -2.53. The smallest absolute Gasteiger partial charge is 0.451 e. The first-order valence-electron chi connectivity index (χ1n) is 35.0. The number of alkyl halides is 6. The van der Waals surface area contributed by atoms with Gasteiger partial charge in [-0.15, -0.1) is 0 Å². The maximum atomic E-state index is 13.6. The monoisotopic (exact) mass is 1500 g/mol. The fraction of sp³-hybridized carbons (Fsp3) is 0.594. The number of halogens is 6. The molecule has 0 unspecified atom stereocenters. The van der Waals surface area contributed by atoms with E-state index in [0.717, 1.165) is 102 Å². The van der Waals surface area contributed by atoms with Crippen molar-refractivity contribution in [2.45, 2.75) is 215 Å². The lowest BCUT2D eigenvalue weighted by atomic mass is 9.82. The number of hydrogen-bond donors (Lipinski definition) is 1. The van der Waals surface area contributed by atoms with Crippen molar-refractivity contribution in [3.8, 4) is 46.4 Å². The summed E-state index contributed by atoms with van der Waals surface area (Å²) >= 11 is 0. The molecule has 8 aromatic heterocycles. The van der Waals surface area contributed by atoms with Gasteiger partial charge < -0.3 is 33.4 Å². The second-order valence-electron chi connectivity index (χ2n) is 31.1. The molecule has 2 aliphatic carbocycles. The summed E-state index contributed by atoms with van der Waals surface area (Å²) in [6, 6.07) is 13.9. The average molecular weight is 1500 g/mol. The maximum Gasteiger partial charge on any atom is 0.451 e. The number of nitrogens with zero attached hydrogens (tertiary/aromatic N) is 18. The van der Waals surface area contributed by atoms with Gasteiger partial charge in [-0.05, 0) is 96.4 Å². The Labute approximate surface area is 603 Å². The summed E-state index contributed by atoms with van der Waals surface area (Å²) in [4.78, 5) is 37.2. The van der Waals surface area contributed by atoms with E-state index in [2.05, 4.69) is 111 Å². The van der Waals surface area contributed by atoms with Crippen molar-refractivity contribution in [3.05, 3.63) is 97.1 Å². The summed E-state index contributed by atoms with van der Waals surface area (Å²) in [5, 5.41) is 34.0. The third-order valence-corrected chi connectivity index (χ3v) is 23.9. The molecule has 0 spiro atoms. The Morgan fingerprint density at radius 3 is 1.40 bits per heavy atom. The van der Waals surface area contributed by atoms with Crippen LogP contribution in [0.2, 0.25) is 51.4 Å². The molecule has 560 valence electrons. The minimum Gasteiger partial charge on any atom is -0.474 e. The van der Waals surface area contributed by atoms with E-state index < -0.39 is 73.2 Å². The Morgan fingerprint density at radius 1 is 0.606 bits per heavy atom. The van der Waals surface area contributed by atoms with Gasteiger partial charge in [-0.2, -0.15) is 65.4 Å². The zero-order valence-corrected chi connectivity index (χ0v) is 63.2. The van der Waals surface area contributed by atoms with Gasteiger partial charge in [-0.1, -0.05) is 39.3 Å². The van der Waals surface area contributed by atoms with E-state index in [1.807, 2.05) is 76.2 Å². The van der Waals surface area contributed by atoms with Crippen LogP contribution in [0, 0.1) is 22.7 Å². The van der Waals surface area contributed by atoms with Gasteiger partial charge in [-0.25, -0.2) is 29.9 Å². The first-order valence-corrected chi connectivity index (χ1v) is 43.9. The van der Waals surface area contributed by atoms with Crippen LogP contribution in [0.4, 0.5) is 26.3 Å². The third kappa shape index (κ3) is 19.2. The molecule has 10 heterocycles. The van der Waals surface area contributed by atoms with Crippen LogP contribution in [-0.2, 0) is 73.0 Å². The van der Waals surface area contributed by atoms with Gasteiger partial charge in [0.1, 0.15) is 66.4 Å². The van der Waals surface area contributed by atoms with E-state index >= 15 is 0 Å². The SMILES string of the molecule is CC(C)(C)NCc1cc(O[C@H]2CC[C@@H](N3CC(CC#N)(n4cc(-c5ncnc6c5ccn6COCC[Si](C)(C)C)cn4)C3)CC2)nc(C(F)(F)F)n1.COS(=O)(=O)Cc1cc(O[C@H]2CC[C@@H](N3CC(CC#N)(n4cc(-c5ncnc6c5ccn6COCC[Si](C)(C)C)cn4)C3)CC2)nc(C(F)(F)F)n1. The molecular formula is C69H91F6N19O7SSi2. The zero-order chi connectivity index (χ0) is 74.6. The molecule has 2 saturated carbocycles. The highest BCUT2D eigenvalue weighted by Crippen LogP contribution is 2.42. The van der Waals surface area contributed by atoms with Crippen LogP contribution in [0.5, 0.6) is 11.8 Å². The summed E-state index contributed by atoms with van der Waals surface area (Å²) in [5.41, 5.74) is 3.36. The highest BCUT2D eigenvalue weighted by Gasteiger charge is 2.50. The average Bonchev–Trinajstić information content (AvgIpc) is 1.40. The van der Waals surface area contributed by atoms with E-state index in [4.69, 9.17) is 29.1 Å². The first-order chi connectivity index (χ1) is 49.1. The fourth-order valence-corrected chi connectivity index (χ4v) is 15.7. The quantitative estimate of drug-likeness (QED) is 0.0216. The number of rotatable bonds is 27. The topological polar surface area (TPSA) is 295 Å². The summed E-state index contributed by atoms with van der Waals surface area (Å²) in [5.74, 6) is -3.90. The third-order valence-electron chi connectivity index (χ3n) is 19.3. The van der Waals surface area contributed by atoms with Gasteiger partial charge in [0, 0.05) is 139 Å². The molecule has 0 aromatic carbocycles. The largest absolute Gasteiger partial charge is 0.474 e. The Bertz CT molecular complexity index is 4470. The Morgan fingerprint density at radius 2 is 1.02 bits per heavy atom. The predicted octanol–water partition coefficient (Wildman–Crippen LogP) is 11.8. The summed E-state index contributed by atoms with van der Waals surface area (Å²) in [6.45, 7) is 24.7. The second kappa shape index (κ2) is 31.3. The molecule has 35 heteroatoms. The van der Waals surface area contributed by atoms with Crippen LogP contribution in [0.3, 0.4) is 0 Å². The molecular weight excluding hydrogens is 1410 g/mol. The number of likely N-dealkylation sites (tertiary alicyclic amines) is 2. The Kier molecular flexibility index (Phi) is 23.2. The van der Waals surface area contributed by atoms with Gasteiger partial charge >= 0.3 is 12.4 Å². The molecule has 0 radical (unpaired) electrons. The Hall–Kier alpha value is -7.88. The van der Waals surface area contributed by atoms with Gasteiger partial charge in [0.05, 0.1) is 67.3 Å². The van der Waals surface area contributed by atoms with E-state index in [9.17, 15) is 45.3 Å². The highest BCUT2D eigenvalue weighted by molar-refractivity contribution is 7.85. The van der Waals surface area contributed by atoms with E-state index in [1.165, 1.54) is 12.4 Å². The molecule has 0 atom stereocenters. The molecule has 0 bridgehead atoms. The maximum absolute atomic E-state index is 13.6. The fourth-order valence-electron chi connectivity index (χ4n) is 13.6. The number of ether oxygens (including phenoxy) is 4. The van der Waals surface area contributed by atoms with Gasteiger partial charge in [-0.3, -0.25) is 23.3 Å². The van der Waals surface area contributed by atoms with Crippen LogP contribution in [0.1, 0.15) is 108 Å². The summed E-state index contributed by atoms with van der Waals surface area (Å²) in [7, 11) is -5.57. The van der Waals surface area contributed by atoms with Gasteiger partial charge in [0.2, 0.25) is 23.4 Å². The number of nitriles is 2. The standard InChI is InChI=1S/C36H49F3N10O2Si.C33H42F3N9O5SSi/c1-34(2,3)43-19-26-17-30(46-33(45-26)36(37,38)39)51-28-9-7-27(8-10-28)48-21-35(22-48,12-13-40)49-20-25(18-44-49)31-29-11-14-47(32(29)42-23-41-31)24-50-15-16-52(4,5)6;1-48-51(46,47)18-24-15-28(42-31(41-24)33(34,35)36)50-26-7-5-25(6-8-26)44-19-32(20-44,10-11-37)45-17-23(16-40-45)29-27-9-12-43(30(27)39-21-38-29)22-49-13-14-52(2,3)4/h11,14,17-18,20,23,27-28,43H,7-10,12,15-16,19,21-22,24H2,1-6H3;9,12,15-17,21,25-26H,5-8,10,13-14,18-20,22H2,1-4H3/t27-,28+;25-,26+. The van der Waals surface area contributed by atoms with E-state index in [1.54, 1.807) is 18.7 Å². The molecule has 4 aliphatic rings. The van der Waals surface area contributed by atoms with Crippen LogP contribution in [-0.4, -0.2) is 179 Å². The molecule has 4 fully saturated rings. The minimum absolute atomic E-state index is 0.0497. The van der Waals surface area contributed by atoms with Crippen molar-refractivity contribution in [2.75, 3.05) is 46.5 Å². The molecule has 104 heavy (non-hydrogen) atoms. The van der Waals surface area contributed by atoms with Crippen molar-refractivity contribution in [2.24, 2.45) is 0 Å². The van der Waals surface area contributed by atoms with E-state index in [-0.39, 0.29) is 59.8 Å². The predicted molar refractivity (Wildman–Crippen MR) is 379 cm³/mol. The molecule has 1 N–H and O–H groups in total. The minimum atomic E-state index is -4.89. The lowest BCUT2D eigenvalue weighted by molar-refractivity contribution is -0.146. The van der Waals surface area contributed by atoms with Crippen molar-refractivity contribution < 1.29 is 57.9 Å². The van der Waals surface area contributed by atoms with Crippen LogP contribution < -0.4 is 14.8 Å². The van der Waals surface area contributed by atoms with Gasteiger partial charge in [0.25, 0.3) is 10.1 Å². The molecule has 12 rings (SSSR count). The number of aromatic nitrogens is 14. The zero-order valence-electron chi connectivity index (χ0n) is 60.4. The highest BCUT2D eigenvalue weighted by atomic mass is 32.2. The van der Waals surface area contributed by atoms with Crippen molar-refractivity contribution in [1.29, 1.82) is 10.5 Å². The van der Waals surface area contributed by atoms with E-state index in [0.29, 0.717) is 78.4 Å². The van der Waals surface area contributed by atoms with Crippen LogP contribution in [0.25, 0.3) is 44.6 Å². The second-order valence-corrected chi connectivity index (χ2v) is 44.0. The molecule has 0 amide bonds. The number of fused-ring (bicyclic) bond motifs is 2. The van der Waals surface area contributed by atoms with Crippen LogP contribution in [0.15, 0.2) is 74.1 Å². The normalized spacial score (nSPS) is 19.8. The lowest BCUT2D eigenvalue weighted by Crippen LogP contribution is -2.65. The first kappa shape index (κ1) is 77.2. The summed E-state index contributed by atoms with van der Waals surface area (Å²) in [6.07, 6.45) is 10.4. The van der Waals surface area contributed by atoms with Crippen LogP contribution >= 0.6 is 0 Å². The summed E-state index contributed by atoms with van der Waals surface area (Å²) < 4.78 is 141. The van der Waals surface area contributed by atoms with Crippen molar-refractivity contribution >= 4 is 48.3 Å². The van der Waals surface area contributed by atoms with Gasteiger partial charge in [0.15, 0.2) is 0 Å². The number of hydrogen-bond acceptors (Lipinski definition) is 22. The number of nitrogens with one attached hydrogen (secondary N) is 1. The molecule has 2 aliphatic heterocycles.